The van der Waals surface area contributed by atoms with Gasteiger partial charge in [-0.3, -0.25) is 9.59 Å². The van der Waals surface area contributed by atoms with Crippen LogP contribution in [-0.2, 0) is 19.2 Å². The van der Waals surface area contributed by atoms with Crippen LogP contribution in [0.3, 0.4) is 0 Å². The number of hydrogen-bond donors (Lipinski definition) is 1. The van der Waals surface area contributed by atoms with E-state index in [9.17, 15) is 19.2 Å². The van der Waals surface area contributed by atoms with Crippen molar-refractivity contribution in [2.24, 2.45) is 11.8 Å². The minimum atomic E-state index is -1.09. The van der Waals surface area contributed by atoms with Crippen LogP contribution in [0.25, 0.3) is 0 Å². The second-order valence-corrected chi connectivity index (χ2v) is 3.95. The highest BCUT2D eigenvalue weighted by Crippen LogP contribution is 2.36. The van der Waals surface area contributed by atoms with Gasteiger partial charge in [0.05, 0.1) is 11.8 Å². The Morgan fingerprint density at radius 2 is 1.71 bits per heavy atom. The molecule has 0 aromatic heterocycles. The van der Waals surface area contributed by atoms with E-state index < -0.39 is 17.8 Å². The molecule has 0 unspecified atom stereocenters. The predicted octanol–water partition coefficient (Wildman–Crippen LogP) is 0.592. The van der Waals surface area contributed by atoms with Crippen LogP contribution in [-0.4, -0.2) is 28.7 Å². The number of carbonyl (C=O) groups excluding carboxylic acids is 3. The summed E-state index contributed by atoms with van der Waals surface area (Å²) in [5.41, 5.74) is 0.0997. The molecule has 0 aromatic rings. The third kappa shape index (κ3) is 2.59. The molecule has 0 aliphatic heterocycles. The zero-order valence-corrected chi connectivity index (χ0v) is 9.36. The molecule has 1 rings (SSSR count). The molecular weight excluding hydrogens is 224 g/mol. The van der Waals surface area contributed by atoms with Crippen LogP contribution < -0.4 is 0 Å². The van der Waals surface area contributed by atoms with Crippen molar-refractivity contribution in [1.29, 1.82) is 0 Å². The average Bonchev–Trinajstić information content (AvgIpc) is 2.35. The first-order valence-electron chi connectivity index (χ1n) is 5.28. The van der Waals surface area contributed by atoms with Crippen molar-refractivity contribution in [2.45, 2.75) is 26.2 Å². The molecular formula is C12H12O5. The summed E-state index contributed by atoms with van der Waals surface area (Å²) in [7, 11) is 0. The van der Waals surface area contributed by atoms with Crippen LogP contribution in [0.15, 0.2) is 11.1 Å². The molecule has 90 valence electrons. The molecule has 0 heterocycles. The van der Waals surface area contributed by atoms with Gasteiger partial charge in [-0.25, -0.2) is 9.59 Å². The van der Waals surface area contributed by atoms with Crippen LogP contribution in [0.2, 0.25) is 0 Å². The van der Waals surface area contributed by atoms with Crippen molar-refractivity contribution in [3.05, 3.63) is 11.1 Å². The number of ketones is 1. The highest BCUT2D eigenvalue weighted by Gasteiger charge is 2.38. The highest BCUT2D eigenvalue weighted by molar-refractivity contribution is 5.92. The molecule has 5 nitrogen and oxygen atoms in total. The van der Waals surface area contributed by atoms with Crippen LogP contribution in [0, 0.1) is 11.8 Å². The first kappa shape index (κ1) is 13.1. The van der Waals surface area contributed by atoms with Gasteiger partial charge in [-0.05, 0) is 12.8 Å². The Balaban J connectivity index is 3.16. The number of aliphatic carboxylic acids is 1. The lowest BCUT2D eigenvalue weighted by molar-refractivity contribution is -0.142. The summed E-state index contributed by atoms with van der Waals surface area (Å²) < 4.78 is 0. The Bertz CT molecular complexity index is 422. The number of hydrogen-bond acceptors (Lipinski definition) is 4. The fourth-order valence-electron chi connectivity index (χ4n) is 2.02. The standard InChI is InChI=1S/C12H12O5/c1-2-10(15)11-8(5-13)3-7(12(16)17)4-9(11)6-14/h7,11H,2-4H2,1H3,(H,16,17). The van der Waals surface area contributed by atoms with Crippen LogP contribution in [0.1, 0.15) is 26.2 Å². The number of rotatable bonds is 3. The lowest BCUT2D eigenvalue weighted by atomic mass is 9.73. The number of carboxylic acids is 1. The van der Waals surface area contributed by atoms with Gasteiger partial charge in [0.1, 0.15) is 17.7 Å². The molecule has 0 atom stereocenters. The van der Waals surface area contributed by atoms with Gasteiger partial charge in [0.2, 0.25) is 0 Å². The van der Waals surface area contributed by atoms with Crippen molar-refractivity contribution < 1.29 is 24.3 Å². The summed E-state index contributed by atoms with van der Waals surface area (Å²) in [6.07, 6.45) is 0.125. The van der Waals surface area contributed by atoms with Gasteiger partial charge in [0.25, 0.3) is 0 Å². The smallest absolute Gasteiger partial charge is 0.307 e. The molecule has 1 saturated carbocycles. The summed E-state index contributed by atoms with van der Waals surface area (Å²) in [6.45, 7) is 1.62. The SMILES string of the molecule is CCC(=O)C1C(=C=O)CC(C(=O)O)CC1=C=O. The van der Waals surface area contributed by atoms with Gasteiger partial charge in [0.15, 0.2) is 0 Å². The van der Waals surface area contributed by atoms with E-state index in [1.807, 2.05) is 0 Å². The number of Topliss-reactive ketones (excluding diaryl/α,β-unsaturated/α-hetero) is 1. The second-order valence-electron chi connectivity index (χ2n) is 3.95. The maximum atomic E-state index is 11.6. The van der Waals surface area contributed by atoms with E-state index >= 15 is 0 Å². The Labute approximate surface area is 97.8 Å². The van der Waals surface area contributed by atoms with Crippen molar-refractivity contribution in [1.82, 2.24) is 0 Å². The first-order chi connectivity index (χ1) is 8.04. The maximum Gasteiger partial charge on any atom is 0.307 e. The zero-order valence-electron chi connectivity index (χ0n) is 9.36. The monoisotopic (exact) mass is 236 g/mol. The van der Waals surface area contributed by atoms with Gasteiger partial charge < -0.3 is 5.11 Å². The molecule has 1 fully saturated rings. The average molecular weight is 236 g/mol. The van der Waals surface area contributed by atoms with Gasteiger partial charge in [-0.15, -0.1) is 0 Å². The number of allylic oxidation sites excluding steroid dienone is 2. The third-order valence-corrected chi connectivity index (χ3v) is 2.91. The Morgan fingerprint density at radius 1 is 1.24 bits per heavy atom. The summed E-state index contributed by atoms with van der Waals surface area (Å²) in [5, 5.41) is 8.88. The van der Waals surface area contributed by atoms with Crippen LogP contribution >= 0.6 is 0 Å². The summed E-state index contributed by atoms with van der Waals surface area (Å²) in [5.74, 6) is 0.0846. The quantitative estimate of drug-likeness (QED) is 0.724. The van der Waals surface area contributed by atoms with Gasteiger partial charge in [-0.2, -0.15) is 0 Å². The van der Waals surface area contributed by atoms with Crippen LogP contribution in [0.4, 0.5) is 0 Å². The fourth-order valence-corrected chi connectivity index (χ4v) is 2.02. The lowest BCUT2D eigenvalue weighted by Crippen LogP contribution is -2.30. The van der Waals surface area contributed by atoms with Crippen molar-refractivity contribution in [3.8, 4) is 0 Å². The van der Waals surface area contributed by atoms with E-state index in [1.54, 1.807) is 18.8 Å². The molecule has 1 N–H and O–H groups in total. The maximum absolute atomic E-state index is 11.6. The van der Waals surface area contributed by atoms with Crippen molar-refractivity contribution >= 4 is 23.6 Å². The van der Waals surface area contributed by atoms with E-state index in [1.165, 1.54) is 0 Å². The van der Waals surface area contributed by atoms with Crippen molar-refractivity contribution in [2.75, 3.05) is 0 Å². The minimum Gasteiger partial charge on any atom is -0.481 e. The Kier molecular flexibility index (Phi) is 4.16. The van der Waals surface area contributed by atoms with E-state index in [0.717, 1.165) is 0 Å². The Morgan fingerprint density at radius 3 is 2.00 bits per heavy atom. The number of carbonyl (C=O) groups is 2. The van der Waals surface area contributed by atoms with Gasteiger partial charge in [0, 0.05) is 17.6 Å². The van der Waals surface area contributed by atoms with Gasteiger partial charge in [-0.1, -0.05) is 6.92 Å². The highest BCUT2D eigenvalue weighted by atomic mass is 16.4. The number of carboxylic acid groups (broad SMARTS) is 1. The second kappa shape index (κ2) is 5.39. The molecule has 1 aliphatic rings. The van der Waals surface area contributed by atoms with Crippen molar-refractivity contribution in [3.63, 3.8) is 0 Å². The topological polar surface area (TPSA) is 88.5 Å². The molecule has 5 heteroatoms. The Hall–Kier alpha value is -1.96. The molecule has 0 aromatic carbocycles. The molecule has 17 heavy (non-hydrogen) atoms. The summed E-state index contributed by atoms with van der Waals surface area (Å²) in [6, 6.07) is 0. The molecule has 0 saturated heterocycles. The van der Waals surface area contributed by atoms with E-state index in [-0.39, 0.29) is 36.2 Å². The molecule has 0 spiro atoms. The minimum absolute atomic E-state index is 0.0274. The van der Waals surface area contributed by atoms with Gasteiger partial charge >= 0.3 is 5.97 Å². The normalized spacial score (nSPS) is 23.8. The fraction of sp³-hybridized carbons (Fsp3) is 0.500. The zero-order chi connectivity index (χ0) is 13.0. The lowest BCUT2D eigenvalue weighted by Gasteiger charge is -2.26. The molecule has 0 amide bonds. The molecule has 0 bridgehead atoms. The van der Waals surface area contributed by atoms with E-state index in [4.69, 9.17) is 5.11 Å². The van der Waals surface area contributed by atoms with E-state index in [0.29, 0.717) is 0 Å². The first-order valence-corrected chi connectivity index (χ1v) is 5.28. The summed E-state index contributed by atoms with van der Waals surface area (Å²) >= 11 is 0. The largest absolute Gasteiger partial charge is 0.481 e. The van der Waals surface area contributed by atoms with Crippen LogP contribution in [0.5, 0.6) is 0 Å². The predicted molar refractivity (Wildman–Crippen MR) is 57.6 cm³/mol. The molecule has 1 aliphatic carbocycles. The molecule has 0 radical (unpaired) electrons. The summed E-state index contributed by atoms with van der Waals surface area (Å²) in [4.78, 5) is 44.0. The van der Waals surface area contributed by atoms with E-state index in [2.05, 4.69) is 0 Å². The third-order valence-electron chi connectivity index (χ3n) is 2.91.